The van der Waals surface area contributed by atoms with Crippen LogP contribution in [0.15, 0.2) is 46.9 Å². The first-order chi connectivity index (χ1) is 9.47. The van der Waals surface area contributed by atoms with E-state index in [9.17, 15) is 4.39 Å². The van der Waals surface area contributed by atoms with Gasteiger partial charge in [0, 0.05) is 22.1 Å². The summed E-state index contributed by atoms with van der Waals surface area (Å²) in [4.78, 5) is 0. The highest BCUT2D eigenvalue weighted by molar-refractivity contribution is 9.10. The van der Waals surface area contributed by atoms with E-state index in [-0.39, 0.29) is 17.9 Å². The van der Waals surface area contributed by atoms with Crippen LogP contribution in [0.25, 0.3) is 0 Å². The summed E-state index contributed by atoms with van der Waals surface area (Å²) in [6.07, 6.45) is 0. The van der Waals surface area contributed by atoms with Crippen LogP contribution in [0, 0.1) is 12.7 Å². The lowest BCUT2D eigenvalue weighted by Gasteiger charge is -2.21. The fraction of sp³-hybridized carbons (Fsp3) is 0.294. The van der Waals surface area contributed by atoms with Gasteiger partial charge < -0.3 is 5.32 Å². The Morgan fingerprint density at radius 2 is 1.65 bits per heavy atom. The third-order valence-corrected chi connectivity index (χ3v) is 4.00. The van der Waals surface area contributed by atoms with Gasteiger partial charge in [-0.25, -0.2) is 4.39 Å². The van der Waals surface area contributed by atoms with E-state index < -0.39 is 0 Å². The lowest BCUT2D eigenvalue weighted by Crippen LogP contribution is -2.23. The van der Waals surface area contributed by atoms with Gasteiger partial charge >= 0.3 is 0 Å². The van der Waals surface area contributed by atoms with Crippen LogP contribution in [0.3, 0.4) is 0 Å². The van der Waals surface area contributed by atoms with Crippen LogP contribution in [0.1, 0.15) is 42.6 Å². The van der Waals surface area contributed by atoms with Crippen molar-refractivity contribution in [1.29, 1.82) is 0 Å². The van der Waals surface area contributed by atoms with Crippen molar-refractivity contribution in [2.75, 3.05) is 0 Å². The Kier molecular flexibility index (Phi) is 4.95. The minimum absolute atomic E-state index is 0.0422. The number of nitrogens with one attached hydrogen (secondary N) is 1. The maximum Gasteiger partial charge on any atom is 0.129 e. The maximum atomic E-state index is 13.9. The van der Waals surface area contributed by atoms with Crippen LogP contribution in [-0.4, -0.2) is 0 Å². The predicted octanol–water partition coefficient (Wildman–Crippen LogP) is 5.31. The summed E-state index contributed by atoms with van der Waals surface area (Å²) in [5.41, 5.74) is 3.14. The molecule has 20 heavy (non-hydrogen) atoms. The Hall–Kier alpha value is -1.19. The van der Waals surface area contributed by atoms with Crippen molar-refractivity contribution in [3.05, 3.63) is 69.4 Å². The Morgan fingerprint density at radius 3 is 2.25 bits per heavy atom. The van der Waals surface area contributed by atoms with Gasteiger partial charge in [-0.15, -0.1) is 0 Å². The fourth-order valence-corrected chi connectivity index (χ4v) is 2.60. The van der Waals surface area contributed by atoms with Gasteiger partial charge in [-0.05, 0) is 38.5 Å². The van der Waals surface area contributed by atoms with Crippen LogP contribution >= 0.6 is 15.9 Å². The molecule has 2 aromatic carbocycles. The highest BCUT2D eigenvalue weighted by Crippen LogP contribution is 2.24. The fourth-order valence-electron chi connectivity index (χ4n) is 2.27. The number of hydrogen-bond donors (Lipinski definition) is 1. The molecule has 0 aliphatic heterocycles. The zero-order valence-corrected chi connectivity index (χ0v) is 13.5. The standard InChI is InChI=1S/C17H19BrFN/c1-11-4-6-14(7-5-11)12(2)20-13(3)16-9-8-15(18)10-17(16)19/h4-10,12-13,20H,1-3H3/t12-,13?/m0/s1. The summed E-state index contributed by atoms with van der Waals surface area (Å²) < 4.78 is 14.7. The quantitative estimate of drug-likeness (QED) is 0.798. The minimum Gasteiger partial charge on any atom is -0.304 e. The zero-order valence-electron chi connectivity index (χ0n) is 12.0. The molecule has 0 aliphatic rings. The molecule has 0 fully saturated rings. The van der Waals surface area contributed by atoms with E-state index in [2.05, 4.69) is 59.4 Å². The summed E-state index contributed by atoms with van der Waals surface area (Å²) in [5.74, 6) is -0.185. The maximum absolute atomic E-state index is 13.9. The first-order valence-corrected chi connectivity index (χ1v) is 7.54. The Balaban J connectivity index is 2.10. The van der Waals surface area contributed by atoms with Gasteiger partial charge in [-0.1, -0.05) is 51.8 Å². The van der Waals surface area contributed by atoms with E-state index in [0.29, 0.717) is 5.56 Å². The highest BCUT2D eigenvalue weighted by Gasteiger charge is 2.14. The first-order valence-electron chi connectivity index (χ1n) is 6.75. The number of rotatable bonds is 4. The van der Waals surface area contributed by atoms with E-state index in [0.717, 1.165) is 4.47 Å². The molecule has 0 aliphatic carbocycles. The molecule has 0 saturated carbocycles. The summed E-state index contributed by atoms with van der Waals surface area (Å²) in [6.45, 7) is 6.15. The molecule has 2 aromatic rings. The second-order valence-corrected chi connectivity index (χ2v) is 6.10. The molecule has 2 rings (SSSR count). The van der Waals surface area contributed by atoms with Crippen molar-refractivity contribution in [3.63, 3.8) is 0 Å². The predicted molar refractivity (Wildman–Crippen MR) is 85.2 cm³/mol. The van der Waals surface area contributed by atoms with Crippen molar-refractivity contribution in [3.8, 4) is 0 Å². The molecule has 0 bridgehead atoms. The first kappa shape index (κ1) is 15.2. The van der Waals surface area contributed by atoms with Gasteiger partial charge in [0.2, 0.25) is 0 Å². The third kappa shape index (κ3) is 3.68. The van der Waals surface area contributed by atoms with E-state index >= 15 is 0 Å². The SMILES string of the molecule is Cc1ccc([C@H](C)NC(C)c2ccc(Br)cc2F)cc1. The van der Waals surface area contributed by atoms with E-state index in [4.69, 9.17) is 0 Å². The van der Waals surface area contributed by atoms with Crippen LogP contribution in [-0.2, 0) is 0 Å². The largest absolute Gasteiger partial charge is 0.304 e. The van der Waals surface area contributed by atoms with Crippen molar-refractivity contribution in [2.45, 2.75) is 32.9 Å². The summed E-state index contributed by atoms with van der Waals surface area (Å²) >= 11 is 3.28. The Morgan fingerprint density at radius 1 is 1.00 bits per heavy atom. The van der Waals surface area contributed by atoms with Crippen molar-refractivity contribution in [1.82, 2.24) is 5.32 Å². The molecule has 0 saturated heterocycles. The second-order valence-electron chi connectivity index (χ2n) is 5.19. The lowest BCUT2D eigenvalue weighted by atomic mass is 10.0. The molecule has 0 spiro atoms. The molecule has 0 amide bonds. The van der Waals surface area contributed by atoms with E-state index in [1.807, 2.05) is 19.1 Å². The molecular weight excluding hydrogens is 317 g/mol. The van der Waals surface area contributed by atoms with Gasteiger partial charge in [-0.2, -0.15) is 0 Å². The summed E-state index contributed by atoms with van der Waals surface area (Å²) in [5, 5.41) is 3.44. The molecule has 3 heteroatoms. The van der Waals surface area contributed by atoms with Crippen LogP contribution in [0.2, 0.25) is 0 Å². The highest BCUT2D eigenvalue weighted by atomic mass is 79.9. The van der Waals surface area contributed by atoms with Gasteiger partial charge in [-0.3, -0.25) is 0 Å². The number of halogens is 2. The monoisotopic (exact) mass is 335 g/mol. The smallest absolute Gasteiger partial charge is 0.129 e. The lowest BCUT2D eigenvalue weighted by molar-refractivity contribution is 0.474. The topological polar surface area (TPSA) is 12.0 Å². The van der Waals surface area contributed by atoms with Crippen LogP contribution in [0.4, 0.5) is 4.39 Å². The third-order valence-electron chi connectivity index (χ3n) is 3.51. The average molecular weight is 336 g/mol. The van der Waals surface area contributed by atoms with Gasteiger partial charge in [0.15, 0.2) is 0 Å². The molecule has 106 valence electrons. The normalized spacial score (nSPS) is 14.1. The van der Waals surface area contributed by atoms with Gasteiger partial charge in [0.05, 0.1) is 0 Å². The molecule has 0 aromatic heterocycles. The van der Waals surface area contributed by atoms with Crippen LogP contribution < -0.4 is 5.32 Å². The Bertz CT molecular complexity index is 580. The number of aryl methyl sites for hydroxylation is 1. The summed E-state index contributed by atoms with van der Waals surface area (Å²) in [7, 11) is 0. The molecule has 1 nitrogen and oxygen atoms in total. The van der Waals surface area contributed by atoms with Gasteiger partial charge in [0.25, 0.3) is 0 Å². The van der Waals surface area contributed by atoms with Crippen molar-refractivity contribution < 1.29 is 4.39 Å². The molecule has 1 N–H and O–H groups in total. The molecule has 2 atom stereocenters. The minimum atomic E-state index is -0.185. The zero-order chi connectivity index (χ0) is 14.7. The second kappa shape index (κ2) is 6.51. The molecular formula is C17H19BrFN. The molecule has 0 heterocycles. The summed E-state index contributed by atoms with van der Waals surface area (Å²) in [6, 6.07) is 13.7. The average Bonchev–Trinajstić information content (AvgIpc) is 2.39. The van der Waals surface area contributed by atoms with Crippen molar-refractivity contribution in [2.24, 2.45) is 0 Å². The van der Waals surface area contributed by atoms with Crippen molar-refractivity contribution >= 4 is 15.9 Å². The van der Waals surface area contributed by atoms with E-state index in [1.54, 1.807) is 0 Å². The van der Waals surface area contributed by atoms with Gasteiger partial charge in [0.1, 0.15) is 5.82 Å². The number of hydrogen-bond acceptors (Lipinski definition) is 1. The van der Waals surface area contributed by atoms with Crippen LogP contribution in [0.5, 0.6) is 0 Å². The number of benzene rings is 2. The Labute approximate surface area is 128 Å². The molecule has 0 radical (unpaired) electrons. The van der Waals surface area contributed by atoms with E-state index in [1.165, 1.54) is 17.2 Å². The molecule has 1 unspecified atom stereocenters.